The third kappa shape index (κ3) is 2.51. The summed E-state index contributed by atoms with van der Waals surface area (Å²) < 4.78 is 0. The third-order valence-electron chi connectivity index (χ3n) is 4.16. The Labute approximate surface area is 115 Å². The van der Waals surface area contributed by atoms with E-state index in [4.69, 9.17) is 0 Å². The summed E-state index contributed by atoms with van der Waals surface area (Å²) in [5.41, 5.74) is 6.74. The zero-order chi connectivity index (χ0) is 13.2. The summed E-state index contributed by atoms with van der Waals surface area (Å²) in [6, 6.07) is 15.7. The molecule has 2 aromatic rings. The summed E-state index contributed by atoms with van der Waals surface area (Å²) in [7, 11) is 0. The summed E-state index contributed by atoms with van der Waals surface area (Å²) in [4.78, 5) is 2.49. The molecule has 0 unspecified atom stereocenters. The van der Waals surface area contributed by atoms with Gasteiger partial charge in [0.25, 0.3) is 0 Å². The highest BCUT2D eigenvalue weighted by molar-refractivity contribution is 5.69. The molecule has 0 radical (unpaired) electrons. The Morgan fingerprint density at radius 1 is 0.789 bits per heavy atom. The molecule has 1 aliphatic heterocycles. The number of rotatable bonds is 2. The van der Waals surface area contributed by atoms with Gasteiger partial charge in [0.15, 0.2) is 0 Å². The van der Waals surface area contributed by atoms with Crippen LogP contribution in [0.2, 0.25) is 0 Å². The lowest BCUT2D eigenvalue weighted by atomic mass is 10.00. The van der Waals surface area contributed by atoms with Crippen molar-refractivity contribution in [3.8, 4) is 11.1 Å². The maximum atomic E-state index is 2.49. The van der Waals surface area contributed by atoms with Crippen molar-refractivity contribution in [3.05, 3.63) is 53.6 Å². The zero-order valence-electron chi connectivity index (χ0n) is 11.8. The normalized spacial score (nSPS) is 14.9. The number of benzene rings is 2. The summed E-state index contributed by atoms with van der Waals surface area (Å²) in [6.45, 7) is 6.76. The largest absolute Gasteiger partial charge is 0.372 e. The van der Waals surface area contributed by atoms with Crippen molar-refractivity contribution in [1.29, 1.82) is 0 Å². The van der Waals surface area contributed by atoms with E-state index in [-0.39, 0.29) is 0 Å². The van der Waals surface area contributed by atoms with Gasteiger partial charge in [-0.05, 0) is 61.1 Å². The van der Waals surface area contributed by atoms with Gasteiger partial charge in [-0.2, -0.15) is 0 Å². The highest BCUT2D eigenvalue weighted by Gasteiger charge is 2.12. The molecule has 0 spiro atoms. The first-order chi connectivity index (χ1) is 9.24. The molecule has 1 saturated heterocycles. The molecule has 1 heteroatoms. The van der Waals surface area contributed by atoms with E-state index >= 15 is 0 Å². The minimum atomic E-state index is 1.20. The lowest BCUT2D eigenvalue weighted by Gasteiger charge is -2.18. The van der Waals surface area contributed by atoms with E-state index in [2.05, 4.69) is 61.2 Å². The molecule has 0 aliphatic carbocycles. The standard InChI is InChI=1S/C18H21N/c1-14-8-9-17(12-15(14)2)16-6-5-7-18(13-16)19-10-3-4-11-19/h5-9,12-13H,3-4,10-11H2,1-2H3. The van der Waals surface area contributed by atoms with Crippen LogP contribution in [0.1, 0.15) is 24.0 Å². The molecule has 2 aromatic carbocycles. The van der Waals surface area contributed by atoms with Crippen LogP contribution in [0.25, 0.3) is 11.1 Å². The van der Waals surface area contributed by atoms with Gasteiger partial charge in [-0.1, -0.05) is 30.3 Å². The van der Waals surface area contributed by atoms with Gasteiger partial charge in [-0.15, -0.1) is 0 Å². The number of anilines is 1. The highest BCUT2D eigenvalue weighted by Crippen LogP contribution is 2.28. The van der Waals surface area contributed by atoms with E-state index in [0.717, 1.165) is 0 Å². The Hall–Kier alpha value is -1.76. The van der Waals surface area contributed by atoms with Crippen molar-refractivity contribution in [2.24, 2.45) is 0 Å². The minimum absolute atomic E-state index is 1.20. The van der Waals surface area contributed by atoms with Crippen molar-refractivity contribution >= 4 is 5.69 Å². The van der Waals surface area contributed by atoms with Gasteiger partial charge < -0.3 is 4.90 Å². The quantitative estimate of drug-likeness (QED) is 0.755. The van der Waals surface area contributed by atoms with Crippen molar-refractivity contribution in [2.45, 2.75) is 26.7 Å². The van der Waals surface area contributed by atoms with E-state index in [1.807, 2.05) is 0 Å². The molecule has 1 fully saturated rings. The molecule has 1 nitrogen and oxygen atoms in total. The van der Waals surface area contributed by atoms with Gasteiger partial charge in [0.05, 0.1) is 0 Å². The molecule has 98 valence electrons. The van der Waals surface area contributed by atoms with Crippen LogP contribution in [0.4, 0.5) is 5.69 Å². The van der Waals surface area contributed by atoms with Crippen LogP contribution in [0, 0.1) is 13.8 Å². The molecule has 0 aromatic heterocycles. The van der Waals surface area contributed by atoms with E-state index in [1.54, 1.807) is 0 Å². The second kappa shape index (κ2) is 5.08. The lowest BCUT2D eigenvalue weighted by Crippen LogP contribution is -2.17. The first kappa shape index (κ1) is 12.3. The Bertz CT molecular complexity index is 580. The fourth-order valence-corrected chi connectivity index (χ4v) is 2.78. The topological polar surface area (TPSA) is 3.24 Å². The van der Waals surface area contributed by atoms with Gasteiger partial charge in [0, 0.05) is 18.8 Å². The average molecular weight is 251 g/mol. The molecular weight excluding hydrogens is 230 g/mol. The number of nitrogens with zero attached hydrogens (tertiary/aromatic N) is 1. The second-order valence-electron chi connectivity index (χ2n) is 5.54. The van der Waals surface area contributed by atoms with Gasteiger partial charge in [0.1, 0.15) is 0 Å². The Kier molecular flexibility index (Phi) is 3.29. The van der Waals surface area contributed by atoms with Gasteiger partial charge in [-0.25, -0.2) is 0 Å². The molecule has 0 amide bonds. The van der Waals surface area contributed by atoms with Crippen LogP contribution in [0.3, 0.4) is 0 Å². The van der Waals surface area contributed by atoms with Crippen molar-refractivity contribution in [2.75, 3.05) is 18.0 Å². The average Bonchev–Trinajstić information content (AvgIpc) is 2.96. The lowest BCUT2D eigenvalue weighted by molar-refractivity contribution is 0.949. The molecule has 0 saturated carbocycles. The minimum Gasteiger partial charge on any atom is -0.372 e. The van der Waals surface area contributed by atoms with Crippen LogP contribution in [0.15, 0.2) is 42.5 Å². The molecule has 0 bridgehead atoms. The highest BCUT2D eigenvalue weighted by atomic mass is 15.1. The maximum Gasteiger partial charge on any atom is 0.0372 e. The fourth-order valence-electron chi connectivity index (χ4n) is 2.78. The summed E-state index contributed by atoms with van der Waals surface area (Å²) >= 11 is 0. The van der Waals surface area contributed by atoms with Crippen LogP contribution in [-0.4, -0.2) is 13.1 Å². The monoisotopic (exact) mass is 251 g/mol. The van der Waals surface area contributed by atoms with Crippen LogP contribution < -0.4 is 4.90 Å². The zero-order valence-corrected chi connectivity index (χ0v) is 11.8. The molecular formula is C18H21N. The molecule has 0 atom stereocenters. The molecule has 1 aliphatic rings. The smallest absolute Gasteiger partial charge is 0.0372 e. The first-order valence-corrected chi connectivity index (χ1v) is 7.17. The predicted octanol–water partition coefficient (Wildman–Crippen LogP) is 4.57. The molecule has 0 N–H and O–H groups in total. The van der Waals surface area contributed by atoms with E-state index < -0.39 is 0 Å². The Balaban J connectivity index is 1.95. The van der Waals surface area contributed by atoms with Gasteiger partial charge in [0.2, 0.25) is 0 Å². The van der Waals surface area contributed by atoms with Crippen molar-refractivity contribution in [3.63, 3.8) is 0 Å². The summed E-state index contributed by atoms with van der Waals surface area (Å²) in [6.07, 6.45) is 2.65. The molecule has 19 heavy (non-hydrogen) atoms. The summed E-state index contributed by atoms with van der Waals surface area (Å²) in [5, 5.41) is 0. The van der Waals surface area contributed by atoms with Crippen molar-refractivity contribution < 1.29 is 0 Å². The fraction of sp³-hybridized carbons (Fsp3) is 0.333. The van der Waals surface area contributed by atoms with Crippen LogP contribution in [0.5, 0.6) is 0 Å². The molecule has 3 rings (SSSR count). The number of hydrogen-bond donors (Lipinski definition) is 0. The van der Waals surface area contributed by atoms with Crippen LogP contribution in [-0.2, 0) is 0 Å². The molecule has 1 heterocycles. The Morgan fingerprint density at radius 3 is 2.26 bits per heavy atom. The van der Waals surface area contributed by atoms with E-state index in [9.17, 15) is 0 Å². The van der Waals surface area contributed by atoms with Crippen molar-refractivity contribution in [1.82, 2.24) is 0 Å². The van der Waals surface area contributed by atoms with Gasteiger partial charge in [-0.3, -0.25) is 0 Å². The first-order valence-electron chi connectivity index (χ1n) is 7.17. The van der Waals surface area contributed by atoms with Crippen LogP contribution >= 0.6 is 0 Å². The third-order valence-corrected chi connectivity index (χ3v) is 4.16. The number of aryl methyl sites for hydroxylation is 2. The van der Waals surface area contributed by atoms with Gasteiger partial charge >= 0.3 is 0 Å². The Morgan fingerprint density at radius 2 is 1.53 bits per heavy atom. The van der Waals surface area contributed by atoms with E-state index in [0.29, 0.717) is 0 Å². The summed E-state index contributed by atoms with van der Waals surface area (Å²) in [5.74, 6) is 0. The number of hydrogen-bond acceptors (Lipinski definition) is 1. The maximum absolute atomic E-state index is 2.49. The SMILES string of the molecule is Cc1ccc(-c2cccc(N3CCCC3)c2)cc1C. The predicted molar refractivity (Wildman–Crippen MR) is 82.8 cm³/mol. The second-order valence-corrected chi connectivity index (χ2v) is 5.54. The van der Waals surface area contributed by atoms with E-state index in [1.165, 1.54) is 53.9 Å².